The fourth-order valence-electron chi connectivity index (χ4n) is 5.90. The second-order valence-corrected chi connectivity index (χ2v) is 17.9. The molecular formula is C29H28O2Si2. The molecule has 33 heavy (non-hydrogen) atoms. The van der Waals surface area contributed by atoms with Gasteiger partial charge in [0.2, 0.25) is 16.6 Å². The zero-order valence-electron chi connectivity index (χ0n) is 19.5. The Labute approximate surface area is 197 Å². The van der Waals surface area contributed by atoms with Gasteiger partial charge < -0.3 is 9.59 Å². The summed E-state index contributed by atoms with van der Waals surface area (Å²) in [6.45, 7) is 7.94. The molecule has 0 fully saturated rings. The molecule has 0 bridgehead atoms. The SMILES string of the molecule is C[Si](C)(O)c1ccc2c(c1)C1(c3ccccc3-c3ccccc31)c1cc([Si](C)(C)O)ccc1-2. The van der Waals surface area contributed by atoms with Gasteiger partial charge in [0.15, 0.2) is 0 Å². The van der Waals surface area contributed by atoms with Crippen LogP contribution in [0.1, 0.15) is 22.3 Å². The van der Waals surface area contributed by atoms with Crippen molar-refractivity contribution in [3.8, 4) is 22.3 Å². The van der Waals surface area contributed by atoms with Crippen molar-refractivity contribution < 1.29 is 9.59 Å². The molecule has 0 aromatic heterocycles. The van der Waals surface area contributed by atoms with Gasteiger partial charge in [0.05, 0.1) is 5.41 Å². The summed E-state index contributed by atoms with van der Waals surface area (Å²) in [5.74, 6) is 0. The molecule has 0 amide bonds. The maximum atomic E-state index is 11.0. The summed E-state index contributed by atoms with van der Waals surface area (Å²) in [7, 11) is -5.01. The van der Waals surface area contributed by atoms with Gasteiger partial charge in [-0.15, -0.1) is 0 Å². The molecule has 0 saturated heterocycles. The lowest BCUT2D eigenvalue weighted by Gasteiger charge is -2.32. The molecule has 1 spiro atoms. The van der Waals surface area contributed by atoms with Crippen LogP contribution >= 0.6 is 0 Å². The smallest absolute Gasteiger partial charge is 0.213 e. The third kappa shape index (κ3) is 2.72. The van der Waals surface area contributed by atoms with Gasteiger partial charge in [-0.1, -0.05) is 84.9 Å². The molecule has 2 N–H and O–H groups in total. The van der Waals surface area contributed by atoms with Gasteiger partial charge in [-0.2, -0.15) is 0 Å². The molecule has 4 aromatic carbocycles. The predicted molar refractivity (Wildman–Crippen MR) is 141 cm³/mol. The summed E-state index contributed by atoms with van der Waals surface area (Å²) in [4.78, 5) is 22.0. The molecule has 0 radical (unpaired) electrons. The van der Waals surface area contributed by atoms with Crippen LogP contribution in [-0.4, -0.2) is 26.2 Å². The van der Waals surface area contributed by atoms with E-state index in [0.29, 0.717) is 0 Å². The summed E-state index contributed by atoms with van der Waals surface area (Å²) >= 11 is 0. The van der Waals surface area contributed by atoms with Crippen LogP contribution in [0, 0.1) is 0 Å². The van der Waals surface area contributed by atoms with Crippen LogP contribution in [0.5, 0.6) is 0 Å². The molecule has 6 rings (SSSR count). The average molecular weight is 465 g/mol. The number of benzene rings is 4. The minimum Gasteiger partial charge on any atom is -0.428 e. The Morgan fingerprint density at radius 1 is 0.485 bits per heavy atom. The van der Waals surface area contributed by atoms with E-state index < -0.39 is 22.0 Å². The summed E-state index contributed by atoms with van der Waals surface area (Å²) in [5.41, 5.74) is 9.61. The van der Waals surface area contributed by atoms with E-state index in [1.54, 1.807) is 0 Å². The minimum absolute atomic E-state index is 0.441. The highest BCUT2D eigenvalue weighted by molar-refractivity contribution is 6.83. The third-order valence-electron chi connectivity index (χ3n) is 7.50. The molecular weight excluding hydrogens is 436 g/mol. The van der Waals surface area contributed by atoms with Gasteiger partial charge in [0, 0.05) is 0 Å². The zero-order chi connectivity index (χ0) is 23.2. The second-order valence-electron chi connectivity index (χ2n) is 10.5. The van der Waals surface area contributed by atoms with Crippen LogP contribution in [0.4, 0.5) is 0 Å². The second kappa shape index (κ2) is 6.64. The van der Waals surface area contributed by atoms with Gasteiger partial charge in [-0.3, -0.25) is 0 Å². The van der Waals surface area contributed by atoms with Crippen molar-refractivity contribution >= 4 is 27.0 Å². The lowest BCUT2D eigenvalue weighted by Crippen LogP contribution is -2.43. The first kappa shape index (κ1) is 20.8. The van der Waals surface area contributed by atoms with Gasteiger partial charge >= 0.3 is 0 Å². The molecule has 4 aromatic rings. The number of fused-ring (bicyclic) bond motifs is 10. The first-order valence-corrected chi connectivity index (χ1v) is 17.5. The number of rotatable bonds is 2. The lowest BCUT2D eigenvalue weighted by atomic mass is 9.70. The van der Waals surface area contributed by atoms with E-state index in [1.807, 2.05) is 26.2 Å². The highest BCUT2D eigenvalue weighted by Gasteiger charge is 2.52. The Bertz CT molecular complexity index is 1330. The minimum atomic E-state index is -2.50. The topological polar surface area (TPSA) is 40.5 Å². The van der Waals surface area contributed by atoms with Gasteiger partial charge in [0.1, 0.15) is 0 Å². The Hall–Kier alpha value is -2.77. The van der Waals surface area contributed by atoms with E-state index in [-0.39, 0.29) is 0 Å². The molecule has 2 nitrogen and oxygen atoms in total. The third-order valence-corrected chi connectivity index (χ3v) is 11.0. The standard InChI is InChI=1S/C29H28O2Si2/c1-32(2,30)19-13-15-23-24-16-14-20(33(3,4)31)18-28(24)29(27(23)17-19)25-11-7-5-9-21(25)22-10-6-8-12-26(22)29/h5-18,30-31H,1-4H3. The van der Waals surface area contributed by atoms with E-state index in [1.165, 1.54) is 44.5 Å². The molecule has 0 aliphatic heterocycles. The molecule has 2 aliphatic carbocycles. The number of hydrogen-bond acceptors (Lipinski definition) is 2. The van der Waals surface area contributed by atoms with Crippen molar-refractivity contribution in [2.75, 3.05) is 0 Å². The van der Waals surface area contributed by atoms with Gasteiger partial charge in [-0.25, -0.2) is 0 Å². The summed E-state index contributed by atoms with van der Waals surface area (Å²) in [5, 5.41) is 2.10. The summed E-state index contributed by atoms with van der Waals surface area (Å²) in [6, 6.07) is 30.6. The molecule has 0 atom stereocenters. The zero-order valence-corrected chi connectivity index (χ0v) is 21.5. The van der Waals surface area contributed by atoms with Crippen LogP contribution < -0.4 is 10.4 Å². The van der Waals surface area contributed by atoms with Crippen molar-refractivity contribution in [2.45, 2.75) is 31.6 Å². The highest BCUT2D eigenvalue weighted by atomic mass is 28.4. The highest BCUT2D eigenvalue weighted by Crippen LogP contribution is 2.62. The van der Waals surface area contributed by atoms with Gasteiger partial charge in [-0.05, 0) is 81.1 Å². The van der Waals surface area contributed by atoms with Gasteiger partial charge in [0.25, 0.3) is 0 Å². The molecule has 0 heterocycles. The van der Waals surface area contributed by atoms with Crippen molar-refractivity contribution in [3.05, 3.63) is 107 Å². The van der Waals surface area contributed by atoms with Crippen LogP contribution in [0.25, 0.3) is 22.3 Å². The molecule has 164 valence electrons. The van der Waals surface area contributed by atoms with Crippen molar-refractivity contribution in [2.24, 2.45) is 0 Å². The Morgan fingerprint density at radius 3 is 1.24 bits per heavy atom. The monoisotopic (exact) mass is 464 g/mol. The first-order chi connectivity index (χ1) is 15.6. The molecule has 4 heteroatoms. The Kier molecular flexibility index (Phi) is 4.19. The first-order valence-electron chi connectivity index (χ1n) is 11.6. The number of hydrogen-bond donors (Lipinski definition) is 2. The fourth-order valence-corrected chi connectivity index (χ4v) is 7.88. The van der Waals surface area contributed by atoms with E-state index in [4.69, 9.17) is 0 Å². The van der Waals surface area contributed by atoms with E-state index in [2.05, 4.69) is 84.9 Å². The van der Waals surface area contributed by atoms with E-state index in [0.717, 1.165) is 10.4 Å². The lowest BCUT2D eigenvalue weighted by molar-refractivity contribution is 0.567. The average Bonchev–Trinajstić information content (AvgIpc) is 3.24. The summed E-state index contributed by atoms with van der Waals surface area (Å²) in [6.07, 6.45) is 0. The molecule has 2 aliphatic rings. The van der Waals surface area contributed by atoms with Crippen molar-refractivity contribution in [1.82, 2.24) is 0 Å². The fraction of sp³-hybridized carbons (Fsp3) is 0.172. The summed E-state index contributed by atoms with van der Waals surface area (Å²) < 4.78 is 0. The normalized spacial score (nSPS) is 15.2. The van der Waals surface area contributed by atoms with Crippen molar-refractivity contribution in [3.63, 3.8) is 0 Å². The van der Waals surface area contributed by atoms with Crippen molar-refractivity contribution in [1.29, 1.82) is 0 Å². The largest absolute Gasteiger partial charge is 0.428 e. The Morgan fingerprint density at radius 2 is 0.848 bits per heavy atom. The van der Waals surface area contributed by atoms with Crippen LogP contribution in [0.2, 0.25) is 26.2 Å². The van der Waals surface area contributed by atoms with E-state index >= 15 is 0 Å². The predicted octanol–water partition coefficient (Wildman–Crippen LogP) is 4.84. The van der Waals surface area contributed by atoms with E-state index in [9.17, 15) is 9.59 Å². The van der Waals surface area contributed by atoms with Crippen LogP contribution in [0.3, 0.4) is 0 Å². The Balaban J connectivity index is 1.80. The van der Waals surface area contributed by atoms with Crippen LogP contribution in [0.15, 0.2) is 84.9 Å². The van der Waals surface area contributed by atoms with Crippen LogP contribution in [-0.2, 0) is 5.41 Å². The maximum Gasteiger partial charge on any atom is 0.213 e. The molecule has 0 saturated carbocycles. The molecule has 0 unspecified atom stereocenters. The maximum absolute atomic E-state index is 11.0. The quantitative estimate of drug-likeness (QED) is 0.360.